The second kappa shape index (κ2) is 37.0. The average Bonchev–Trinajstić information content (AvgIpc) is 1.56. The van der Waals surface area contributed by atoms with E-state index in [0.29, 0.717) is 48.5 Å². The zero-order valence-electron chi connectivity index (χ0n) is 63.4. The summed E-state index contributed by atoms with van der Waals surface area (Å²) in [5.41, 5.74) is 5.18. The van der Waals surface area contributed by atoms with Crippen molar-refractivity contribution in [3.8, 4) is 48.8 Å². The van der Waals surface area contributed by atoms with Crippen molar-refractivity contribution in [2.45, 2.75) is 236 Å². The normalized spacial score (nSPS) is 16.1. The SMILES string of the molecule is CCCCCCc1ccc(-c2ccc(-c3ccc(C4=C5C(=O)N(CC(CC)CCCC)C(c6ccc(-c7ccc(C8=C9C(=O)N(CC(CC)CCCC)C(c%10ccc(-c%11ccc(-c%12ccc(CCCCCC)s%12)s%11)s%10)=C9C(=O)N8CC(CC)CCCC)s7)s6)=C5C(=O)N4CC(CC)CCCC)s3)s2)s1. The molecule has 4 aliphatic rings. The molecular formula is C88H110N4O4S8. The van der Waals surface area contributed by atoms with Crippen molar-refractivity contribution in [3.05, 3.63) is 149 Å². The summed E-state index contributed by atoms with van der Waals surface area (Å²) in [6, 6.07) is 35.6. The monoisotopic (exact) mass is 1540 g/mol. The lowest BCUT2D eigenvalue weighted by atomic mass is 9.98. The van der Waals surface area contributed by atoms with Crippen LogP contribution in [0.2, 0.25) is 0 Å². The van der Waals surface area contributed by atoms with Gasteiger partial charge in [-0.2, -0.15) is 0 Å². The molecule has 4 unspecified atom stereocenters. The summed E-state index contributed by atoms with van der Waals surface area (Å²) in [5.74, 6) is 0.777. The van der Waals surface area contributed by atoms with Crippen molar-refractivity contribution in [3.63, 3.8) is 0 Å². The molecule has 0 aliphatic carbocycles. The van der Waals surface area contributed by atoms with Gasteiger partial charge < -0.3 is 19.6 Å². The van der Waals surface area contributed by atoms with Crippen LogP contribution in [-0.2, 0) is 32.0 Å². The first-order valence-electron chi connectivity index (χ1n) is 39.8. The number of amides is 4. The zero-order chi connectivity index (χ0) is 73.0. The minimum absolute atomic E-state index is 0.0736. The number of unbranched alkanes of at least 4 members (excludes halogenated alkanes) is 10. The van der Waals surface area contributed by atoms with Gasteiger partial charge in [0.25, 0.3) is 23.6 Å². The predicted octanol–water partition coefficient (Wildman–Crippen LogP) is 27.2. The van der Waals surface area contributed by atoms with Crippen LogP contribution in [0.15, 0.2) is 119 Å². The molecule has 0 saturated carbocycles. The molecule has 12 heterocycles. The Kier molecular flexibility index (Phi) is 27.8. The topological polar surface area (TPSA) is 81.2 Å². The van der Waals surface area contributed by atoms with Gasteiger partial charge in [0.05, 0.1) is 64.6 Å². The zero-order valence-corrected chi connectivity index (χ0v) is 70.0. The Morgan fingerprint density at radius 3 is 0.663 bits per heavy atom. The van der Waals surface area contributed by atoms with Crippen LogP contribution in [0.3, 0.4) is 0 Å². The molecule has 104 heavy (non-hydrogen) atoms. The number of carbonyl (C=O) groups is 4. The highest BCUT2D eigenvalue weighted by molar-refractivity contribution is 7.27. The summed E-state index contributed by atoms with van der Waals surface area (Å²) in [4.78, 5) is 90.5. The first-order valence-corrected chi connectivity index (χ1v) is 46.4. The maximum atomic E-state index is 16.0. The molecule has 0 saturated heterocycles. The minimum Gasteiger partial charge on any atom is -0.306 e. The number of hydrogen-bond donors (Lipinski definition) is 0. The molecule has 0 spiro atoms. The number of rotatable bonds is 43. The quantitative estimate of drug-likeness (QED) is 0.0357. The fraction of sp³-hybridized carbons (Fsp3) is 0.500. The number of fused-ring (bicyclic) bond motifs is 2. The smallest absolute Gasteiger partial charge is 0.261 e. The van der Waals surface area contributed by atoms with E-state index in [4.69, 9.17) is 0 Å². The van der Waals surface area contributed by atoms with Crippen molar-refractivity contribution in [1.82, 2.24) is 19.6 Å². The number of carbonyl (C=O) groups excluding carboxylic acids is 4. The van der Waals surface area contributed by atoms with Gasteiger partial charge in [0, 0.05) is 84.7 Å². The van der Waals surface area contributed by atoms with Crippen molar-refractivity contribution in [2.75, 3.05) is 26.2 Å². The molecule has 4 amide bonds. The van der Waals surface area contributed by atoms with Crippen LogP contribution in [0.4, 0.5) is 0 Å². The molecule has 554 valence electrons. The molecule has 4 aliphatic heterocycles. The Hall–Kier alpha value is -5.56. The van der Waals surface area contributed by atoms with Crippen LogP contribution in [0.1, 0.15) is 253 Å². The molecule has 8 nitrogen and oxygen atoms in total. The molecular weight excluding hydrogens is 1430 g/mol. The van der Waals surface area contributed by atoms with E-state index in [9.17, 15) is 0 Å². The van der Waals surface area contributed by atoms with Gasteiger partial charge in [-0.1, -0.05) is 185 Å². The van der Waals surface area contributed by atoms with E-state index in [1.807, 2.05) is 64.9 Å². The summed E-state index contributed by atoms with van der Waals surface area (Å²) < 4.78 is 0. The number of hydrogen-bond acceptors (Lipinski definition) is 12. The lowest BCUT2D eigenvalue weighted by molar-refractivity contribution is -0.124. The molecule has 0 N–H and O–H groups in total. The lowest BCUT2D eigenvalue weighted by Crippen LogP contribution is -2.34. The van der Waals surface area contributed by atoms with Crippen LogP contribution in [0.5, 0.6) is 0 Å². The Balaban J connectivity index is 0.931. The van der Waals surface area contributed by atoms with Crippen molar-refractivity contribution >= 4 is 137 Å². The maximum Gasteiger partial charge on any atom is 0.261 e. The van der Waals surface area contributed by atoms with E-state index in [1.54, 1.807) is 45.3 Å². The van der Waals surface area contributed by atoms with Crippen molar-refractivity contribution < 1.29 is 19.2 Å². The van der Waals surface area contributed by atoms with Gasteiger partial charge >= 0.3 is 0 Å². The highest BCUT2D eigenvalue weighted by Gasteiger charge is 2.52. The first kappa shape index (κ1) is 78.0. The molecule has 0 aromatic carbocycles. The Morgan fingerprint density at radius 2 is 0.442 bits per heavy atom. The first-order chi connectivity index (χ1) is 50.8. The van der Waals surface area contributed by atoms with Crippen LogP contribution in [0, 0.1) is 23.7 Å². The van der Waals surface area contributed by atoms with Gasteiger partial charge in [-0.05, 0) is 172 Å². The van der Waals surface area contributed by atoms with Gasteiger partial charge in [-0.3, -0.25) is 19.2 Å². The molecule has 8 aromatic rings. The molecule has 8 aromatic heterocycles. The third-order valence-electron chi connectivity index (χ3n) is 22.0. The fourth-order valence-corrected chi connectivity index (χ4v) is 24.4. The fourth-order valence-electron chi connectivity index (χ4n) is 15.6. The largest absolute Gasteiger partial charge is 0.306 e. The number of thiophene rings is 8. The standard InChI is InChI=1S/C88H110N4O4S8/c1-11-21-27-29-35-61-37-39-63(97-61)65-41-43-67(99-65)69-45-49-73(101-69)81-77-79(87(95)89(81)53-57(17-7)31-23-13-3)83(91(85(77)93)55-59(19-9)33-25-15-5)75-51-47-71(103-75)72-48-52-76(104-72)84-80-78(86(94)92(84)56-60(20-10)34-26-16-6)82(90(88(80)96)54-58(18-8)32-24-14-4)74-50-46-70(102-74)68-44-42-66(100-68)64-40-38-62(98-64)36-30-28-22-12-2/h37-52,57-60H,11-36,53-56H2,1-10H3. The lowest BCUT2D eigenvalue weighted by Gasteiger charge is -2.29. The predicted molar refractivity (Wildman–Crippen MR) is 453 cm³/mol. The summed E-state index contributed by atoms with van der Waals surface area (Å²) in [7, 11) is 0. The summed E-state index contributed by atoms with van der Waals surface area (Å²) in [6.07, 6.45) is 28.8. The van der Waals surface area contributed by atoms with Crippen molar-refractivity contribution in [1.29, 1.82) is 0 Å². The Labute approximate surface area is 653 Å². The van der Waals surface area contributed by atoms with Crippen molar-refractivity contribution in [2.24, 2.45) is 23.7 Å². The molecule has 0 radical (unpaired) electrons. The molecule has 0 fully saturated rings. The van der Waals surface area contributed by atoms with Crippen LogP contribution >= 0.6 is 90.7 Å². The number of aryl methyl sites for hydroxylation is 2. The summed E-state index contributed by atoms with van der Waals surface area (Å²) >= 11 is 14.2. The third kappa shape index (κ3) is 17.1. The van der Waals surface area contributed by atoms with Crippen LogP contribution in [0.25, 0.3) is 71.6 Å². The van der Waals surface area contributed by atoms with Gasteiger partial charge in [0.2, 0.25) is 0 Å². The van der Waals surface area contributed by atoms with Crippen LogP contribution in [-0.4, -0.2) is 69.4 Å². The highest BCUT2D eigenvalue weighted by Crippen LogP contribution is 2.55. The van der Waals surface area contributed by atoms with E-state index in [1.165, 1.54) is 90.4 Å². The van der Waals surface area contributed by atoms with Gasteiger partial charge in [-0.15, -0.1) is 90.7 Å². The highest BCUT2D eigenvalue weighted by atomic mass is 32.1. The van der Waals surface area contributed by atoms with Gasteiger partial charge in [0.15, 0.2) is 0 Å². The second-order valence-electron chi connectivity index (χ2n) is 29.4. The minimum atomic E-state index is -0.0736. The average molecular weight is 1540 g/mol. The Morgan fingerprint density at radius 1 is 0.240 bits per heavy atom. The molecule has 4 atom stereocenters. The second-order valence-corrected chi connectivity index (χ2v) is 38.2. The maximum absolute atomic E-state index is 16.0. The van der Waals surface area contributed by atoms with Gasteiger partial charge in [0.1, 0.15) is 0 Å². The van der Waals surface area contributed by atoms with E-state index in [-0.39, 0.29) is 47.3 Å². The molecule has 12 rings (SSSR count). The van der Waals surface area contributed by atoms with Gasteiger partial charge in [-0.25, -0.2) is 0 Å². The van der Waals surface area contributed by atoms with E-state index in [2.05, 4.69) is 166 Å². The van der Waals surface area contributed by atoms with E-state index < -0.39 is 0 Å². The van der Waals surface area contributed by atoms with E-state index >= 15 is 19.2 Å². The van der Waals surface area contributed by atoms with Crippen LogP contribution < -0.4 is 0 Å². The van der Waals surface area contributed by atoms with E-state index in [0.717, 1.165) is 177 Å². The number of nitrogens with zero attached hydrogens (tertiary/aromatic N) is 4. The molecule has 0 bridgehead atoms. The third-order valence-corrected chi connectivity index (χ3v) is 31.8. The summed E-state index contributed by atoms with van der Waals surface area (Å²) in [5, 5.41) is 0. The summed E-state index contributed by atoms with van der Waals surface area (Å²) in [6.45, 7) is 24.6. The molecule has 16 heteroatoms. The Bertz CT molecular complexity index is 4110.